The van der Waals surface area contributed by atoms with E-state index in [1.54, 1.807) is 0 Å². The molecule has 0 bridgehead atoms. The molecule has 0 spiro atoms. The van der Waals surface area contributed by atoms with E-state index in [9.17, 15) is 32.7 Å². The molecule has 3 fully saturated rings. The summed E-state index contributed by atoms with van der Waals surface area (Å²) in [5, 5.41) is 15.7. The van der Waals surface area contributed by atoms with Crippen LogP contribution in [-0.4, -0.2) is 89.9 Å². The Bertz CT molecular complexity index is 1780. The summed E-state index contributed by atoms with van der Waals surface area (Å²) < 4.78 is 39.5. The molecule has 4 amide bonds. The van der Waals surface area contributed by atoms with Crippen molar-refractivity contribution in [2.24, 2.45) is 17.8 Å². The minimum absolute atomic E-state index is 0.0166. The van der Waals surface area contributed by atoms with Crippen LogP contribution >= 0.6 is 0 Å². The highest BCUT2D eigenvalue weighted by Gasteiger charge is 2.62. The van der Waals surface area contributed by atoms with Gasteiger partial charge in [0.25, 0.3) is 5.91 Å². The second kappa shape index (κ2) is 13.5. The second-order valence-electron chi connectivity index (χ2n) is 13.9. The van der Waals surface area contributed by atoms with Gasteiger partial charge in [-0.15, -0.1) is 0 Å². The normalized spacial score (nSPS) is 31.3. The Kier molecular flexibility index (Phi) is 9.48. The third-order valence-corrected chi connectivity index (χ3v) is 11.9. The van der Waals surface area contributed by atoms with E-state index < -0.39 is 74.7 Å². The molecular weight excluding hydrogens is 654 g/mol. The maximum absolute atomic E-state index is 14.3. The molecule has 0 radical (unpaired) electrons. The van der Waals surface area contributed by atoms with Gasteiger partial charge in [-0.1, -0.05) is 44.2 Å². The van der Waals surface area contributed by atoms with Crippen molar-refractivity contribution in [3.63, 3.8) is 0 Å². The number of nitrogens with one attached hydrogen (secondary N) is 3. The number of carboxylic acid groups (broad SMARTS) is 1. The molecular formula is C34H43N5O9S. The Morgan fingerprint density at radius 2 is 1.84 bits per heavy atom. The maximum atomic E-state index is 14.3. The predicted molar refractivity (Wildman–Crippen MR) is 178 cm³/mol. The fourth-order valence-corrected chi connectivity index (χ4v) is 8.55. The number of aromatic nitrogens is 1. The smallest absolute Gasteiger partial charge is 0.405 e. The van der Waals surface area contributed by atoms with Crippen LogP contribution in [0.2, 0.25) is 0 Å². The molecule has 7 atom stereocenters. The van der Waals surface area contributed by atoms with Crippen LogP contribution in [-0.2, 0) is 24.4 Å². The van der Waals surface area contributed by atoms with E-state index in [0.29, 0.717) is 36.8 Å². The minimum Gasteiger partial charge on any atom is -0.494 e. The summed E-state index contributed by atoms with van der Waals surface area (Å²) in [6.07, 6.45) is 6.30. The highest BCUT2D eigenvalue weighted by atomic mass is 32.2. The maximum Gasteiger partial charge on any atom is 0.405 e. The molecule has 0 unspecified atom stereocenters. The number of benzene rings is 1. The first-order valence-corrected chi connectivity index (χ1v) is 18.3. The van der Waals surface area contributed by atoms with Crippen molar-refractivity contribution in [1.82, 2.24) is 25.2 Å². The lowest BCUT2D eigenvalue weighted by molar-refractivity contribution is -0.142. The zero-order valence-electron chi connectivity index (χ0n) is 27.8. The second-order valence-corrected chi connectivity index (χ2v) is 15.8. The number of sulfonamides is 1. The summed E-state index contributed by atoms with van der Waals surface area (Å²) in [5.41, 5.74) is -1.52. The molecule has 14 nitrogen and oxygen atoms in total. The van der Waals surface area contributed by atoms with Gasteiger partial charge in [-0.3, -0.25) is 19.1 Å². The zero-order valence-corrected chi connectivity index (χ0v) is 28.6. The molecule has 4 N–H and O–H groups in total. The molecule has 1 aromatic heterocycles. The topological polar surface area (TPSA) is 193 Å². The highest BCUT2D eigenvalue weighted by Crippen LogP contribution is 2.46. The number of allylic oxidation sites excluding steroid dienone is 1. The van der Waals surface area contributed by atoms with E-state index in [0.717, 1.165) is 11.8 Å². The van der Waals surface area contributed by atoms with Crippen LogP contribution < -0.4 is 24.8 Å². The first-order valence-electron chi connectivity index (χ1n) is 16.8. The number of carbonyl (C=O) groups is 4. The van der Waals surface area contributed by atoms with Gasteiger partial charge in [0.15, 0.2) is 0 Å². The van der Waals surface area contributed by atoms with Gasteiger partial charge < -0.3 is 30.1 Å². The van der Waals surface area contributed by atoms with E-state index in [2.05, 4.69) is 20.3 Å². The Labute approximate surface area is 285 Å². The number of hydrogen-bond acceptors (Lipinski definition) is 9. The van der Waals surface area contributed by atoms with Crippen molar-refractivity contribution < 1.29 is 42.2 Å². The Hall–Kier alpha value is -4.40. The number of fused-ring (bicyclic) bond motifs is 3. The van der Waals surface area contributed by atoms with Gasteiger partial charge in [0.1, 0.15) is 29.5 Å². The lowest BCUT2D eigenvalue weighted by Crippen LogP contribution is -2.59. The number of hydrogen-bond donors (Lipinski definition) is 4. The molecule has 2 aromatic rings. The van der Waals surface area contributed by atoms with Crippen LogP contribution in [0.25, 0.3) is 10.8 Å². The molecule has 4 aliphatic rings. The van der Waals surface area contributed by atoms with Gasteiger partial charge >= 0.3 is 6.09 Å². The van der Waals surface area contributed by atoms with Crippen LogP contribution in [0.5, 0.6) is 11.6 Å². The largest absolute Gasteiger partial charge is 0.494 e. The Morgan fingerprint density at radius 1 is 1.10 bits per heavy atom. The summed E-state index contributed by atoms with van der Waals surface area (Å²) in [7, 11) is -2.36. The monoisotopic (exact) mass is 697 g/mol. The summed E-state index contributed by atoms with van der Waals surface area (Å²) in [4.78, 5) is 59.8. The Morgan fingerprint density at radius 3 is 2.53 bits per heavy atom. The van der Waals surface area contributed by atoms with Gasteiger partial charge in [0.05, 0.1) is 25.1 Å². The van der Waals surface area contributed by atoms with Gasteiger partial charge in [0.2, 0.25) is 27.7 Å². The van der Waals surface area contributed by atoms with Crippen LogP contribution in [0.1, 0.15) is 58.8 Å². The van der Waals surface area contributed by atoms with E-state index in [4.69, 9.17) is 9.47 Å². The van der Waals surface area contributed by atoms with Crippen molar-refractivity contribution in [1.29, 1.82) is 0 Å². The van der Waals surface area contributed by atoms with Crippen LogP contribution in [0, 0.1) is 17.8 Å². The lowest BCUT2D eigenvalue weighted by atomic mass is 9.88. The Balaban J connectivity index is 1.34. The predicted octanol–water partition coefficient (Wildman–Crippen LogP) is 2.72. The molecule has 2 aliphatic heterocycles. The molecule has 2 aliphatic carbocycles. The van der Waals surface area contributed by atoms with Crippen LogP contribution in [0.15, 0.2) is 42.6 Å². The number of amides is 4. The first kappa shape index (κ1) is 34.5. The third-order valence-electron chi connectivity index (χ3n) is 10.1. The molecule has 2 saturated carbocycles. The van der Waals surface area contributed by atoms with E-state index in [-0.39, 0.29) is 31.2 Å². The fraction of sp³-hybridized carbons (Fsp3) is 0.559. The highest BCUT2D eigenvalue weighted by molar-refractivity contribution is 7.91. The van der Waals surface area contributed by atoms with Crippen molar-refractivity contribution in [2.75, 3.05) is 13.7 Å². The summed E-state index contributed by atoms with van der Waals surface area (Å²) in [6.45, 7) is 3.78. The number of methoxy groups -OCH3 is 1. The third kappa shape index (κ3) is 7.17. The van der Waals surface area contributed by atoms with Crippen LogP contribution in [0.4, 0.5) is 4.79 Å². The van der Waals surface area contributed by atoms with E-state index in [1.165, 1.54) is 18.2 Å². The number of carbonyl (C=O) groups excluding carboxylic acids is 3. The lowest BCUT2D eigenvalue weighted by Gasteiger charge is -2.32. The van der Waals surface area contributed by atoms with Crippen molar-refractivity contribution in [2.45, 2.75) is 87.8 Å². The molecule has 1 saturated heterocycles. The number of pyridine rings is 1. The fourth-order valence-electron chi connectivity index (χ4n) is 7.19. The minimum atomic E-state index is -3.89. The van der Waals surface area contributed by atoms with Crippen molar-refractivity contribution >= 4 is 44.6 Å². The first-order chi connectivity index (χ1) is 23.3. The average Bonchev–Trinajstić information content (AvgIpc) is 3.98. The van der Waals surface area contributed by atoms with Gasteiger partial charge in [-0.2, -0.15) is 0 Å². The van der Waals surface area contributed by atoms with Gasteiger partial charge in [-0.25, -0.2) is 18.2 Å². The van der Waals surface area contributed by atoms with Crippen molar-refractivity contribution in [3.05, 3.63) is 42.6 Å². The number of ether oxygens (including phenoxy) is 2. The van der Waals surface area contributed by atoms with E-state index >= 15 is 0 Å². The molecule has 1 aromatic carbocycles. The van der Waals surface area contributed by atoms with Gasteiger partial charge in [-0.05, 0) is 56.4 Å². The van der Waals surface area contributed by atoms with Crippen LogP contribution in [0.3, 0.4) is 0 Å². The molecule has 49 heavy (non-hydrogen) atoms. The molecule has 15 heteroatoms. The quantitative estimate of drug-likeness (QED) is 0.313. The standard InChI is InChI=1S/C34H43N5O9S/c1-19-8-4-5-9-21-16-34(21,32(42)38-49(45,46)23-12-13-23)37-29(40)26-15-22(18-39(26)31(41)28(20(2)14-19)36-33(43)44)48-30-25-11-7-6-10-24(25)27(47-3)17-35-30/h5-7,9-11,17,19-23,26,28,36H,4,8,12-16,18H2,1-3H3,(H,37,40)(H,38,42)(H,43,44)/b9-5-/t19-,20-,21-,22-,26+,28+,34-/m1/s1. The number of nitrogens with zero attached hydrogens (tertiary/aromatic N) is 2. The number of rotatable bonds is 7. The summed E-state index contributed by atoms with van der Waals surface area (Å²) in [5.74, 6) is -1.96. The average molecular weight is 698 g/mol. The molecule has 3 heterocycles. The summed E-state index contributed by atoms with van der Waals surface area (Å²) >= 11 is 0. The van der Waals surface area contributed by atoms with Crippen molar-refractivity contribution in [3.8, 4) is 11.6 Å². The van der Waals surface area contributed by atoms with E-state index in [1.807, 2.05) is 50.3 Å². The zero-order chi connectivity index (χ0) is 35.1. The van der Waals surface area contributed by atoms with Gasteiger partial charge in [0, 0.05) is 23.1 Å². The summed E-state index contributed by atoms with van der Waals surface area (Å²) in [6, 6.07) is 5.06. The molecule has 6 rings (SSSR count). The SMILES string of the molecule is COc1cnc(O[C@@H]2C[C@H]3C(=O)N[C@]4(C(=O)NS(=O)(=O)C5CC5)C[C@H]4/C=C\CC[C@@H](C)C[C@@H](C)[C@H](NC(=O)O)C(=O)N3C2)c2ccccc12. The molecule has 264 valence electrons.